The van der Waals surface area contributed by atoms with Crippen molar-refractivity contribution >= 4 is 6.08 Å². The lowest BCUT2D eigenvalue weighted by Gasteiger charge is -2.14. The molecule has 0 aromatic heterocycles. The number of hydrogen-bond acceptors (Lipinski definition) is 0. The van der Waals surface area contributed by atoms with E-state index in [2.05, 4.69) is 68.1 Å². The van der Waals surface area contributed by atoms with Gasteiger partial charge >= 0.3 is 0 Å². The van der Waals surface area contributed by atoms with Gasteiger partial charge in [0.1, 0.15) is 0 Å². The molecule has 1 aromatic carbocycles. The largest absolute Gasteiger partial charge is 0.0952 e. The van der Waals surface area contributed by atoms with Crippen LogP contribution in [0.5, 0.6) is 0 Å². The monoisotopic (exact) mass is 298 g/mol. The maximum absolute atomic E-state index is 4.37. The molecule has 23 heavy (non-hydrogen) atoms. The van der Waals surface area contributed by atoms with E-state index in [9.17, 15) is 0 Å². The molecule has 0 heteroatoms. The molecule has 0 radical (unpaired) electrons. The zero-order chi connectivity index (χ0) is 15.8. The van der Waals surface area contributed by atoms with Crippen LogP contribution in [0.4, 0.5) is 0 Å². The normalized spacial score (nSPS) is 18.9. The van der Waals surface area contributed by atoms with Crippen LogP contribution in [0.1, 0.15) is 37.3 Å². The van der Waals surface area contributed by atoms with E-state index in [1.807, 2.05) is 0 Å². The molecule has 0 saturated heterocycles. The number of fused-ring (bicyclic) bond motifs is 1. The molecule has 0 heterocycles. The Bertz CT molecular complexity index is 835. The maximum Gasteiger partial charge on any atom is -0.00137 e. The van der Waals surface area contributed by atoms with Crippen LogP contribution < -0.4 is 0 Å². The maximum atomic E-state index is 4.37. The van der Waals surface area contributed by atoms with Crippen molar-refractivity contribution in [3.63, 3.8) is 0 Å². The van der Waals surface area contributed by atoms with Crippen molar-refractivity contribution in [2.24, 2.45) is 0 Å². The Hall–Kier alpha value is -2.34. The van der Waals surface area contributed by atoms with E-state index in [0.717, 1.165) is 25.7 Å². The fourth-order valence-corrected chi connectivity index (χ4v) is 3.89. The van der Waals surface area contributed by atoms with E-state index in [1.54, 1.807) is 0 Å². The van der Waals surface area contributed by atoms with Crippen LogP contribution in [-0.2, 0) is 6.42 Å². The summed E-state index contributed by atoms with van der Waals surface area (Å²) < 4.78 is 0. The standard InChI is InChI=1S/C23H22/c1-16-7-5-11-22(16)17(2)13-20-10-6-12-23(20)21-14-18-8-3-4-9-19(18)15-21/h3-5,7-10,12,14H,2,6,11,13,15H2,1H3. The number of allylic oxidation sites excluding steroid dienone is 10. The second kappa shape index (κ2) is 5.70. The smallest absolute Gasteiger partial charge is 0.00137 e. The van der Waals surface area contributed by atoms with Gasteiger partial charge in [-0.25, -0.2) is 0 Å². The van der Waals surface area contributed by atoms with Crippen molar-refractivity contribution in [2.75, 3.05) is 0 Å². The molecular formula is C23H22. The molecule has 0 atom stereocenters. The van der Waals surface area contributed by atoms with Crippen molar-refractivity contribution in [1.82, 2.24) is 0 Å². The highest BCUT2D eigenvalue weighted by Gasteiger charge is 2.21. The highest BCUT2D eigenvalue weighted by Crippen LogP contribution is 2.39. The minimum Gasteiger partial charge on any atom is -0.0952 e. The zero-order valence-corrected chi connectivity index (χ0v) is 13.7. The predicted molar refractivity (Wildman–Crippen MR) is 99.1 cm³/mol. The van der Waals surface area contributed by atoms with Crippen molar-refractivity contribution in [3.8, 4) is 0 Å². The van der Waals surface area contributed by atoms with Crippen LogP contribution in [0.2, 0.25) is 0 Å². The van der Waals surface area contributed by atoms with Gasteiger partial charge in [-0.3, -0.25) is 0 Å². The van der Waals surface area contributed by atoms with Crippen LogP contribution in [-0.4, -0.2) is 0 Å². The summed E-state index contributed by atoms with van der Waals surface area (Å²) in [6.07, 6.45) is 15.7. The van der Waals surface area contributed by atoms with Crippen molar-refractivity contribution in [2.45, 2.75) is 32.6 Å². The van der Waals surface area contributed by atoms with Crippen LogP contribution in [0.15, 0.2) is 88.6 Å². The quantitative estimate of drug-likeness (QED) is 0.629. The number of rotatable bonds is 4. The molecule has 0 unspecified atom stereocenters. The number of hydrogen-bond donors (Lipinski definition) is 0. The summed E-state index contributed by atoms with van der Waals surface area (Å²) in [5.41, 5.74) is 11.3. The Kier molecular flexibility index (Phi) is 3.53. The van der Waals surface area contributed by atoms with Crippen LogP contribution in [0, 0.1) is 0 Å². The second-order valence-electron chi connectivity index (χ2n) is 6.68. The molecule has 0 aliphatic heterocycles. The van der Waals surface area contributed by atoms with E-state index in [-0.39, 0.29) is 0 Å². The molecule has 0 nitrogen and oxygen atoms in total. The van der Waals surface area contributed by atoms with Gasteiger partial charge in [0.2, 0.25) is 0 Å². The Morgan fingerprint density at radius 3 is 2.83 bits per heavy atom. The SMILES string of the molecule is C=C(CC1=CCC=C1C1=Cc2ccccc2C1)C1=C(C)C=CC1. The average Bonchev–Trinajstić information content (AvgIpc) is 3.24. The molecule has 0 N–H and O–H groups in total. The third-order valence-corrected chi connectivity index (χ3v) is 5.14. The molecule has 0 saturated carbocycles. The lowest BCUT2D eigenvalue weighted by atomic mass is 9.91. The van der Waals surface area contributed by atoms with E-state index in [4.69, 9.17) is 0 Å². The molecule has 0 spiro atoms. The minimum atomic E-state index is 0.980. The lowest BCUT2D eigenvalue weighted by molar-refractivity contribution is 1.08. The molecule has 3 aliphatic rings. The minimum absolute atomic E-state index is 0.980. The van der Waals surface area contributed by atoms with Gasteiger partial charge in [0.15, 0.2) is 0 Å². The summed E-state index contributed by atoms with van der Waals surface area (Å²) in [4.78, 5) is 0. The van der Waals surface area contributed by atoms with E-state index >= 15 is 0 Å². The van der Waals surface area contributed by atoms with E-state index < -0.39 is 0 Å². The fraction of sp³-hybridized carbons (Fsp3) is 0.217. The van der Waals surface area contributed by atoms with Gasteiger partial charge in [-0.2, -0.15) is 0 Å². The van der Waals surface area contributed by atoms with Crippen LogP contribution >= 0.6 is 0 Å². The summed E-state index contributed by atoms with van der Waals surface area (Å²) in [6.45, 7) is 6.56. The first-order valence-corrected chi connectivity index (χ1v) is 8.45. The Morgan fingerprint density at radius 1 is 1.17 bits per heavy atom. The Balaban J connectivity index is 1.53. The van der Waals surface area contributed by atoms with Gasteiger partial charge in [0, 0.05) is 0 Å². The highest BCUT2D eigenvalue weighted by molar-refractivity contribution is 5.72. The summed E-state index contributed by atoms with van der Waals surface area (Å²) in [5, 5.41) is 0. The molecule has 0 bridgehead atoms. The van der Waals surface area contributed by atoms with Crippen LogP contribution in [0.25, 0.3) is 6.08 Å². The fourth-order valence-electron chi connectivity index (χ4n) is 3.89. The summed E-state index contributed by atoms with van der Waals surface area (Å²) in [5.74, 6) is 0. The molecule has 0 amide bonds. The Morgan fingerprint density at radius 2 is 2.04 bits per heavy atom. The van der Waals surface area contributed by atoms with Gasteiger partial charge in [0.25, 0.3) is 0 Å². The first-order chi connectivity index (χ1) is 11.2. The third-order valence-electron chi connectivity index (χ3n) is 5.14. The molecule has 1 aromatic rings. The van der Waals surface area contributed by atoms with Gasteiger partial charge in [-0.15, -0.1) is 0 Å². The van der Waals surface area contributed by atoms with Crippen molar-refractivity contribution in [1.29, 1.82) is 0 Å². The van der Waals surface area contributed by atoms with E-state index in [0.29, 0.717) is 0 Å². The summed E-state index contributed by atoms with van der Waals surface area (Å²) >= 11 is 0. The van der Waals surface area contributed by atoms with Crippen molar-refractivity contribution < 1.29 is 0 Å². The van der Waals surface area contributed by atoms with E-state index in [1.165, 1.54) is 44.6 Å². The topological polar surface area (TPSA) is 0 Å². The molecule has 3 aliphatic carbocycles. The first kappa shape index (κ1) is 14.3. The van der Waals surface area contributed by atoms with Gasteiger partial charge in [-0.1, -0.05) is 61.2 Å². The van der Waals surface area contributed by atoms with Crippen molar-refractivity contribution in [3.05, 3.63) is 99.7 Å². The predicted octanol–water partition coefficient (Wildman–Crippen LogP) is 6.11. The van der Waals surface area contributed by atoms with Gasteiger partial charge in [0.05, 0.1) is 0 Å². The summed E-state index contributed by atoms with van der Waals surface area (Å²) in [7, 11) is 0. The average molecular weight is 298 g/mol. The molecule has 0 fully saturated rings. The number of benzene rings is 1. The zero-order valence-electron chi connectivity index (χ0n) is 13.7. The molecule has 4 rings (SSSR count). The Labute approximate surface area is 138 Å². The molecule has 114 valence electrons. The van der Waals surface area contributed by atoms with Gasteiger partial charge < -0.3 is 0 Å². The second-order valence-corrected chi connectivity index (χ2v) is 6.68. The molecular weight excluding hydrogens is 276 g/mol. The lowest BCUT2D eigenvalue weighted by Crippen LogP contribution is -1.96. The van der Waals surface area contributed by atoms with Crippen LogP contribution in [0.3, 0.4) is 0 Å². The summed E-state index contributed by atoms with van der Waals surface area (Å²) in [6, 6.07) is 8.73. The van der Waals surface area contributed by atoms with Gasteiger partial charge in [-0.05, 0) is 77.2 Å². The first-order valence-electron chi connectivity index (χ1n) is 8.45. The highest BCUT2D eigenvalue weighted by atomic mass is 14.3. The third kappa shape index (κ3) is 2.59.